The van der Waals surface area contributed by atoms with Gasteiger partial charge in [0.1, 0.15) is 29.9 Å². The van der Waals surface area contributed by atoms with Crippen molar-refractivity contribution in [3.8, 4) is 23.0 Å². The molecular weight excluding hydrogens is 510 g/mol. The Hall–Kier alpha value is -3.05. The first-order valence-electron chi connectivity index (χ1n) is 13.1. The summed E-state index contributed by atoms with van der Waals surface area (Å²) in [7, 11) is 2.16. The average molecular weight is 542 g/mol. The van der Waals surface area contributed by atoms with E-state index in [1.165, 1.54) is 0 Å². The number of halogens is 1. The molecule has 3 aromatic rings. The van der Waals surface area contributed by atoms with Gasteiger partial charge in [-0.15, -0.1) is 0 Å². The van der Waals surface area contributed by atoms with Crippen LogP contribution in [0.5, 0.6) is 23.0 Å². The number of benzene rings is 2. The maximum Gasteiger partial charge on any atom is 0.231 e. The molecule has 0 unspecified atom stereocenters. The summed E-state index contributed by atoms with van der Waals surface area (Å²) < 4.78 is 29.2. The van der Waals surface area contributed by atoms with Crippen LogP contribution >= 0.6 is 11.6 Å². The molecule has 0 saturated carbocycles. The maximum atomic E-state index is 6.45. The number of hydrogen-bond acceptors (Lipinski definition) is 10. The lowest BCUT2D eigenvalue weighted by molar-refractivity contribution is 0.0261. The standard InChI is InChI=1S/C27H32ClN5O5/c1-32-6-8-33(9-7-32)10-13-35-19-14-22-20(24(15-19)38-18-4-11-34-12-5-18)16-29-27(30-22)31-25-21(28)2-3-23-26(25)37-17-36-23/h2-3,14-16,18H,4-13,17H2,1H3,(H,29,30,31). The lowest BCUT2D eigenvalue weighted by Crippen LogP contribution is -2.45. The quantitative estimate of drug-likeness (QED) is 0.452. The Morgan fingerprint density at radius 3 is 2.79 bits per heavy atom. The molecule has 0 atom stereocenters. The van der Waals surface area contributed by atoms with Crippen molar-refractivity contribution >= 4 is 34.1 Å². The molecule has 0 radical (unpaired) electrons. The molecule has 0 spiro atoms. The summed E-state index contributed by atoms with van der Waals surface area (Å²) in [6.07, 6.45) is 3.53. The van der Waals surface area contributed by atoms with E-state index in [1.807, 2.05) is 12.1 Å². The summed E-state index contributed by atoms with van der Waals surface area (Å²) in [5, 5.41) is 4.51. The van der Waals surface area contributed by atoms with Crippen LogP contribution in [0.1, 0.15) is 12.8 Å². The topological polar surface area (TPSA) is 90.4 Å². The summed E-state index contributed by atoms with van der Waals surface area (Å²) in [5.74, 6) is 2.99. The first-order valence-corrected chi connectivity index (χ1v) is 13.4. The van der Waals surface area contributed by atoms with Gasteiger partial charge in [0, 0.05) is 63.9 Å². The molecule has 4 heterocycles. The molecule has 2 fully saturated rings. The fourth-order valence-electron chi connectivity index (χ4n) is 4.83. The van der Waals surface area contributed by atoms with Crippen molar-refractivity contribution in [3.05, 3.63) is 35.5 Å². The highest BCUT2D eigenvalue weighted by atomic mass is 35.5. The SMILES string of the molecule is CN1CCN(CCOc2cc(OC3CCOCC3)c3cnc(Nc4c(Cl)ccc5c4OCO5)nc3c2)CC1. The second-order valence-corrected chi connectivity index (χ2v) is 10.2. The molecule has 6 rings (SSSR count). The number of rotatable bonds is 8. The predicted octanol–water partition coefficient (Wildman–Crippen LogP) is 3.94. The van der Waals surface area contributed by atoms with Gasteiger partial charge in [-0.1, -0.05) is 11.6 Å². The van der Waals surface area contributed by atoms with Crippen molar-refractivity contribution < 1.29 is 23.7 Å². The molecule has 2 aromatic carbocycles. The van der Waals surface area contributed by atoms with E-state index in [0.717, 1.165) is 51.0 Å². The van der Waals surface area contributed by atoms with Gasteiger partial charge in [0.25, 0.3) is 0 Å². The Morgan fingerprint density at radius 1 is 1.11 bits per heavy atom. The van der Waals surface area contributed by atoms with Crippen LogP contribution in [0.15, 0.2) is 30.5 Å². The van der Waals surface area contributed by atoms with Crippen LogP contribution in [0.3, 0.4) is 0 Å². The van der Waals surface area contributed by atoms with Crippen LogP contribution < -0.4 is 24.3 Å². The first kappa shape index (κ1) is 25.2. The molecule has 38 heavy (non-hydrogen) atoms. The lowest BCUT2D eigenvalue weighted by Gasteiger charge is -2.32. The summed E-state index contributed by atoms with van der Waals surface area (Å²) in [6, 6.07) is 7.41. The second kappa shape index (κ2) is 11.4. The van der Waals surface area contributed by atoms with Crippen molar-refractivity contribution in [1.82, 2.24) is 19.8 Å². The summed E-state index contributed by atoms with van der Waals surface area (Å²) >= 11 is 6.45. The predicted molar refractivity (Wildman–Crippen MR) is 144 cm³/mol. The Kier molecular flexibility index (Phi) is 7.55. The molecule has 0 bridgehead atoms. The van der Waals surface area contributed by atoms with Crippen molar-refractivity contribution in [1.29, 1.82) is 0 Å². The Balaban J connectivity index is 1.25. The fourth-order valence-corrected chi connectivity index (χ4v) is 5.03. The van der Waals surface area contributed by atoms with E-state index in [-0.39, 0.29) is 12.9 Å². The molecule has 0 amide bonds. The zero-order valence-corrected chi connectivity index (χ0v) is 22.2. The molecule has 202 valence electrons. The molecule has 3 aliphatic rings. The summed E-state index contributed by atoms with van der Waals surface area (Å²) in [4.78, 5) is 14.1. The number of nitrogens with one attached hydrogen (secondary N) is 1. The van der Waals surface area contributed by atoms with Gasteiger partial charge in [-0.05, 0) is 19.2 Å². The first-order chi connectivity index (χ1) is 18.6. The van der Waals surface area contributed by atoms with Gasteiger partial charge in [0.15, 0.2) is 11.5 Å². The zero-order chi connectivity index (χ0) is 25.9. The number of nitrogens with zero attached hydrogens (tertiary/aromatic N) is 4. The van der Waals surface area contributed by atoms with Gasteiger partial charge in [-0.25, -0.2) is 9.97 Å². The number of fused-ring (bicyclic) bond motifs is 2. The molecule has 11 heteroatoms. The van der Waals surface area contributed by atoms with E-state index in [0.29, 0.717) is 65.0 Å². The van der Waals surface area contributed by atoms with Crippen molar-refractivity contribution in [2.75, 3.05) is 71.7 Å². The van der Waals surface area contributed by atoms with Crippen LogP contribution in [-0.4, -0.2) is 92.3 Å². The second-order valence-electron chi connectivity index (χ2n) is 9.75. The minimum absolute atomic E-state index is 0.0770. The highest BCUT2D eigenvalue weighted by Crippen LogP contribution is 2.44. The highest BCUT2D eigenvalue weighted by Gasteiger charge is 2.22. The molecule has 10 nitrogen and oxygen atoms in total. The van der Waals surface area contributed by atoms with E-state index in [9.17, 15) is 0 Å². The third-order valence-corrected chi connectivity index (χ3v) is 7.41. The maximum absolute atomic E-state index is 6.45. The monoisotopic (exact) mass is 541 g/mol. The third kappa shape index (κ3) is 5.68. The third-order valence-electron chi connectivity index (χ3n) is 7.10. The van der Waals surface area contributed by atoms with E-state index in [2.05, 4.69) is 27.1 Å². The fraction of sp³-hybridized carbons (Fsp3) is 0.481. The summed E-state index contributed by atoms with van der Waals surface area (Å²) in [5.41, 5.74) is 1.28. The minimum Gasteiger partial charge on any atom is -0.492 e. The largest absolute Gasteiger partial charge is 0.492 e. The lowest BCUT2D eigenvalue weighted by atomic mass is 10.1. The normalized spacial score (nSPS) is 18.6. The Labute approximate surface area is 226 Å². The van der Waals surface area contributed by atoms with Crippen LogP contribution in [-0.2, 0) is 4.74 Å². The van der Waals surface area contributed by atoms with Gasteiger partial charge in [-0.3, -0.25) is 4.90 Å². The molecule has 1 aromatic heterocycles. The van der Waals surface area contributed by atoms with Gasteiger partial charge in [0.2, 0.25) is 12.7 Å². The number of aromatic nitrogens is 2. The smallest absolute Gasteiger partial charge is 0.231 e. The van der Waals surface area contributed by atoms with Crippen LogP contribution in [0.25, 0.3) is 10.9 Å². The molecular formula is C27H32ClN5O5. The number of anilines is 2. The molecule has 3 aliphatic heterocycles. The van der Waals surface area contributed by atoms with E-state index < -0.39 is 0 Å². The van der Waals surface area contributed by atoms with E-state index in [1.54, 1.807) is 18.3 Å². The number of likely N-dealkylation sites (N-methyl/N-ethyl adjacent to an activating group) is 1. The van der Waals surface area contributed by atoms with Crippen molar-refractivity contribution in [2.45, 2.75) is 18.9 Å². The van der Waals surface area contributed by atoms with Crippen LogP contribution in [0, 0.1) is 0 Å². The van der Waals surface area contributed by atoms with E-state index >= 15 is 0 Å². The average Bonchev–Trinajstić information content (AvgIpc) is 3.41. The Bertz CT molecular complexity index is 1280. The molecule has 2 saturated heterocycles. The van der Waals surface area contributed by atoms with Gasteiger partial charge < -0.3 is 33.9 Å². The number of hydrogen-bond donors (Lipinski definition) is 1. The van der Waals surface area contributed by atoms with Crippen molar-refractivity contribution in [2.24, 2.45) is 0 Å². The molecule has 0 aliphatic carbocycles. The van der Waals surface area contributed by atoms with Gasteiger partial charge in [-0.2, -0.15) is 0 Å². The molecule has 1 N–H and O–H groups in total. The number of piperazine rings is 1. The van der Waals surface area contributed by atoms with Crippen molar-refractivity contribution in [3.63, 3.8) is 0 Å². The van der Waals surface area contributed by atoms with Crippen LogP contribution in [0.4, 0.5) is 11.6 Å². The highest BCUT2D eigenvalue weighted by molar-refractivity contribution is 6.33. The number of ether oxygens (including phenoxy) is 5. The van der Waals surface area contributed by atoms with Gasteiger partial charge >= 0.3 is 0 Å². The van der Waals surface area contributed by atoms with Crippen LogP contribution in [0.2, 0.25) is 5.02 Å². The zero-order valence-electron chi connectivity index (χ0n) is 21.5. The van der Waals surface area contributed by atoms with E-state index in [4.69, 9.17) is 40.3 Å². The minimum atomic E-state index is 0.0770. The summed E-state index contributed by atoms with van der Waals surface area (Å²) in [6.45, 7) is 7.27. The Morgan fingerprint density at radius 2 is 1.95 bits per heavy atom. The van der Waals surface area contributed by atoms with Gasteiger partial charge in [0.05, 0.1) is 29.1 Å².